The van der Waals surface area contributed by atoms with Gasteiger partial charge in [-0.15, -0.1) is 0 Å². The van der Waals surface area contributed by atoms with Crippen molar-refractivity contribution < 1.29 is 4.74 Å². The molecule has 2 heteroatoms. The molecule has 80 valence electrons. The lowest BCUT2D eigenvalue weighted by Crippen LogP contribution is -2.20. The quantitative estimate of drug-likeness (QED) is 0.514. The van der Waals surface area contributed by atoms with E-state index in [1.54, 1.807) is 0 Å². The van der Waals surface area contributed by atoms with Gasteiger partial charge in [-0.3, -0.25) is 0 Å². The lowest BCUT2D eigenvalue weighted by Gasteiger charge is -2.14. The molecule has 0 aliphatic heterocycles. The van der Waals surface area contributed by atoms with Gasteiger partial charge in [0.15, 0.2) is 0 Å². The molecule has 0 heterocycles. The largest absolute Gasteiger partial charge is 0.382 e. The van der Waals surface area contributed by atoms with Crippen molar-refractivity contribution in [1.82, 2.24) is 4.90 Å². The zero-order valence-electron chi connectivity index (χ0n) is 9.51. The molecule has 2 nitrogen and oxygen atoms in total. The van der Waals surface area contributed by atoms with Crippen LogP contribution < -0.4 is 0 Å². The number of nitrogens with zero attached hydrogens (tertiary/aromatic N) is 1. The molecule has 0 radical (unpaired) electrons. The van der Waals surface area contributed by atoms with Gasteiger partial charge >= 0.3 is 0 Å². The fourth-order valence-electron chi connectivity index (χ4n) is 1.40. The van der Waals surface area contributed by atoms with Gasteiger partial charge in [-0.1, -0.05) is 6.92 Å². The van der Waals surface area contributed by atoms with E-state index in [2.05, 4.69) is 25.8 Å². The minimum atomic E-state index is 0.857. The molecule has 0 N–H and O–H groups in total. The maximum Gasteiger partial charge on any atom is 0.0465 e. The second kappa shape index (κ2) is 10.0. The lowest BCUT2D eigenvalue weighted by molar-refractivity contribution is 0.142. The van der Waals surface area contributed by atoms with Crippen LogP contribution in [0.2, 0.25) is 0 Å². The van der Waals surface area contributed by atoms with Crippen LogP contribution in [-0.2, 0) is 4.74 Å². The molecule has 13 heavy (non-hydrogen) atoms. The Balaban J connectivity index is 2.97. The van der Waals surface area contributed by atoms with Crippen LogP contribution in [0, 0.1) is 0 Å². The first kappa shape index (κ1) is 12.9. The SMILES string of the molecule is CCCN(C)CCCCCOCC. The molecule has 0 amide bonds. The minimum absolute atomic E-state index is 0.857. The first-order valence-corrected chi connectivity index (χ1v) is 5.57. The number of hydrogen-bond donors (Lipinski definition) is 0. The summed E-state index contributed by atoms with van der Waals surface area (Å²) in [5.74, 6) is 0. The van der Waals surface area contributed by atoms with E-state index in [1.165, 1.54) is 38.8 Å². The highest BCUT2D eigenvalue weighted by atomic mass is 16.5. The van der Waals surface area contributed by atoms with Crippen molar-refractivity contribution in [3.63, 3.8) is 0 Å². The summed E-state index contributed by atoms with van der Waals surface area (Å²) in [4.78, 5) is 2.40. The average Bonchev–Trinajstić information content (AvgIpc) is 2.11. The Morgan fingerprint density at radius 2 is 1.77 bits per heavy atom. The van der Waals surface area contributed by atoms with Gasteiger partial charge in [-0.2, -0.15) is 0 Å². The summed E-state index contributed by atoms with van der Waals surface area (Å²) in [6.45, 7) is 8.54. The van der Waals surface area contributed by atoms with Crippen molar-refractivity contribution in [2.75, 3.05) is 33.4 Å². The molecule has 0 saturated heterocycles. The molecule has 0 fully saturated rings. The van der Waals surface area contributed by atoms with Crippen LogP contribution in [0.1, 0.15) is 39.5 Å². The third-order valence-corrected chi connectivity index (χ3v) is 2.14. The smallest absolute Gasteiger partial charge is 0.0465 e. The highest BCUT2D eigenvalue weighted by molar-refractivity contribution is 4.50. The Kier molecular flexibility index (Phi) is 9.94. The van der Waals surface area contributed by atoms with Gasteiger partial charge in [0.1, 0.15) is 0 Å². The monoisotopic (exact) mass is 187 g/mol. The first-order valence-electron chi connectivity index (χ1n) is 5.57. The molecule has 0 spiro atoms. The summed E-state index contributed by atoms with van der Waals surface area (Å²) in [5, 5.41) is 0. The van der Waals surface area contributed by atoms with Gasteiger partial charge < -0.3 is 9.64 Å². The minimum Gasteiger partial charge on any atom is -0.382 e. The van der Waals surface area contributed by atoms with Gasteiger partial charge in [0.05, 0.1) is 0 Å². The van der Waals surface area contributed by atoms with Crippen molar-refractivity contribution in [2.24, 2.45) is 0 Å². The van der Waals surface area contributed by atoms with Gasteiger partial charge in [0.25, 0.3) is 0 Å². The van der Waals surface area contributed by atoms with Gasteiger partial charge in [-0.05, 0) is 52.7 Å². The molecule has 0 bridgehead atoms. The van der Waals surface area contributed by atoms with Gasteiger partial charge in [-0.25, -0.2) is 0 Å². The Hall–Kier alpha value is -0.0800. The number of rotatable bonds is 9. The zero-order chi connectivity index (χ0) is 9.94. The normalized spacial score (nSPS) is 11.1. The zero-order valence-corrected chi connectivity index (χ0v) is 9.51. The lowest BCUT2D eigenvalue weighted by atomic mass is 10.2. The third kappa shape index (κ3) is 9.84. The van der Waals surface area contributed by atoms with Crippen LogP contribution in [0.25, 0.3) is 0 Å². The average molecular weight is 187 g/mol. The summed E-state index contributed by atoms with van der Waals surface area (Å²) in [6, 6.07) is 0. The van der Waals surface area contributed by atoms with Crippen LogP contribution in [-0.4, -0.2) is 38.3 Å². The highest BCUT2D eigenvalue weighted by Gasteiger charge is 1.95. The van der Waals surface area contributed by atoms with Crippen LogP contribution in [0.5, 0.6) is 0 Å². The summed E-state index contributed by atoms with van der Waals surface area (Å²) < 4.78 is 5.27. The summed E-state index contributed by atoms with van der Waals surface area (Å²) in [5.41, 5.74) is 0. The van der Waals surface area contributed by atoms with Crippen molar-refractivity contribution in [1.29, 1.82) is 0 Å². The predicted molar refractivity (Wildman–Crippen MR) is 58.1 cm³/mol. The van der Waals surface area contributed by atoms with Gasteiger partial charge in [0.2, 0.25) is 0 Å². The Labute approximate surface area is 83.3 Å². The molecule has 0 saturated carbocycles. The second-order valence-electron chi connectivity index (χ2n) is 3.56. The fraction of sp³-hybridized carbons (Fsp3) is 1.00. The molecule has 0 aliphatic carbocycles. The van der Waals surface area contributed by atoms with Crippen LogP contribution >= 0.6 is 0 Å². The van der Waals surface area contributed by atoms with E-state index in [-0.39, 0.29) is 0 Å². The first-order chi connectivity index (χ1) is 6.31. The molecule has 0 aromatic rings. The van der Waals surface area contributed by atoms with Crippen molar-refractivity contribution in [2.45, 2.75) is 39.5 Å². The van der Waals surface area contributed by atoms with Crippen molar-refractivity contribution in [3.05, 3.63) is 0 Å². The van der Waals surface area contributed by atoms with E-state index >= 15 is 0 Å². The van der Waals surface area contributed by atoms with Crippen LogP contribution in [0.3, 0.4) is 0 Å². The topological polar surface area (TPSA) is 12.5 Å². The fourth-order valence-corrected chi connectivity index (χ4v) is 1.40. The summed E-state index contributed by atoms with van der Waals surface area (Å²) >= 11 is 0. The molecule has 0 aromatic carbocycles. The van der Waals surface area contributed by atoms with Gasteiger partial charge in [0, 0.05) is 13.2 Å². The number of ether oxygens (including phenoxy) is 1. The summed E-state index contributed by atoms with van der Waals surface area (Å²) in [6.07, 6.45) is 5.08. The van der Waals surface area contributed by atoms with Crippen LogP contribution in [0.15, 0.2) is 0 Å². The molecule has 0 aliphatic rings. The summed E-state index contributed by atoms with van der Waals surface area (Å²) in [7, 11) is 2.20. The molecule has 0 atom stereocenters. The van der Waals surface area contributed by atoms with E-state index in [9.17, 15) is 0 Å². The third-order valence-electron chi connectivity index (χ3n) is 2.14. The van der Waals surface area contributed by atoms with E-state index in [0.29, 0.717) is 0 Å². The molecule has 0 rings (SSSR count). The van der Waals surface area contributed by atoms with Crippen LogP contribution in [0.4, 0.5) is 0 Å². The standard InChI is InChI=1S/C11H25NO/c1-4-9-12(3)10-7-6-8-11-13-5-2/h4-11H2,1-3H3. The number of hydrogen-bond acceptors (Lipinski definition) is 2. The van der Waals surface area contributed by atoms with Crippen molar-refractivity contribution >= 4 is 0 Å². The Morgan fingerprint density at radius 3 is 2.38 bits per heavy atom. The second-order valence-corrected chi connectivity index (χ2v) is 3.56. The molecule has 0 aromatic heterocycles. The Bertz CT molecular complexity index is 96.1. The van der Waals surface area contributed by atoms with Crippen molar-refractivity contribution in [3.8, 4) is 0 Å². The Morgan fingerprint density at radius 1 is 1.00 bits per heavy atom. The van der Waals surface area contributed by atoms with E-state index in [1.807, 2.05) is 0 Å². The van der Waals surface area contributed by atoms with E-state index in [4.69, 9.17) is 4.74 Å². The highest BCUT2D eigenvalue weighted by Crippen LogP contribution is 1.98. The molecular formula is C11H25NO. The molecular weight excluding hydrogens is 162 g/mol. The van der Waals surface area contributed by atoms with E-state index in [0.717, 1.165) is 13.2 Å². The maximum atomic E-state index is 5.27. The maximum absolute atomic E-state index is 5.27. The number of unbranched alkanes of at least 4 members (excludes halogenated alkanes) is 2. The van der Waals surface area contributed by atoms with E-state index < -0.39 is 0 Å². The predicted octanol–water partition coefficient (Wildman–Crippen LogP) is 2.54. The molecule has 0 unspecified atom stereocenters.